The Balaban J connectivity index is 1.40. The predicted molar refractivity (Wildman–Crippen MR) is 128 cm³/mol. The third-order valence-corrected chi connectivity index (χ3v) is 6.27. The maximum absolute atomic E-state index is 12.8. The van der Waals surface area contributed by atoms with Crippen molar-refractivity contribution in [2.24, 2.45) is 7.05 Å². The standard InChI is InChI=1S/C23H22ClN5OS/c1-15(22(30)26-20-12-5-8-16-7-3-4-11-19(16)20)31-23-28-27-21(29(23)2)14-25-18-10-6-9-17(24)13-18/h3-13,15,25H,14H2,1-2H3,(H,26,30). The van der Waals surface area contributed by atoms with Gasteiger partial charge in [0.25, 0.3) is 0 Å². The normalized spacial score (nSPS) is 12.0. The highest BCUT2D eigenvalue weighted by atomic mass is 35.5. The lowest BCUT2D eigenvalue weighted by Gasteiger charge is -2.13. The summed E-state index contributed by atoms with van der Waals surface area (Å²) in [5.41, 5.74) is 1.72. The Morgan fingerprint density at radius 3 is 2.71 bits per heavy atom. The number of hydrogen-bond acceptors (Lipinski definition) is 5. The number of benzene rings is 3. The van der Waals surface area contributed by atoms with Crippen molar-refractivity contribution in [1.29, 1.82) is 0 Å². The average molecular weight is 452 g/mol. The van der Waals surface area contributed by atoms with Gasteiger partial charge in [-0.25, -0.2) is 0 Å². The van der Waals surface area contributed by atoms with Crippen LogP contribution >= 0.6 is 23.4 Å². The number of rotatable bonds is 7. The Bertz CT molecular complexity index is 1220. The van der Waals surface area contributed by atoms with E-state index in [-0.39, 0.29) is 11.2 Å². The number of thioether (sulfide) groups is 1. The molecular weight excluding hydrogens is 430 g/mol. The van der Waals surface area contributed by atoms with Crippen LogP contribution in [0.1, 0.15) is 12.7 Å². The van der Waals surface area contributed by atoms with Crippen LogP contribution in [0.15, 0.2) is 71.9 Å². The first-order chi connectivity index (χ1) is 15.0. The monoisotopic (exact) mass is 451 g/mol. The number of aromatic nitrogens is 3. The van der Waals surface area contributed by atoms with Gasteiger partial charge >= 0.3 is 0 Å². The van der Waals surface area contributed by atoms with Crippen LogP contribution < -0.4 is 10.6 Å². The zero-order chi connectivity index (χ0) is 21.8. The largest absolute Gasteiger partial charge is 0.378 e. The smallest absolute Gasteiger partial charge is 0.237 e. The van der Waals surface area contributed by atoms with Crippen molar-refractivity contribution in [2.45, 2.75) is 23.9 Å². The molecule has 0 aliphatic carbocycles. The van der Waals surface area contributed by atoms with Gasteiger partial charge in [0.1, 0.15) is 0 Å². The topological polar surface area (TPSA) is 71.8 Å². The lowest BCUT2D eigenvalue weighted by Crippen LogP contribution is -2.23. The molecule has 0 aliphatic rings. The molecule has 6 nitrogen and oxygen atoms in total. The molecule has 2 N–H and O–H groups in total. The van der Waals surface area contributed by atoms with Crippen LogP contribution in [0, 0.1) is 0 Å². The summed E-state index contributed by atoms with van der Waals surface area (Å²) in [5, 5.41) is 18.0. The Morgan fingerprint density at radius 1 is 1.10 bits per heavy atom. The summed E-state index contributed by atoms with van der Waals surface area (Å²) in [7, 11) is 1.90. The van der Waals surface area contributed by atoms with Crippen LogP contribution in [-0.2, 0) is 18.4 Å². The van der Waals surface area contributed by atoms with E-state index >= 15 is 0 Å². The van der Waals surface area contributed by atoms with E-state index < -0.39 is 0 Å². The van der Waals surface area contributed by atoms with Crippen molar-refractivity contribution in [3.8, 4) is 0 Å². The molecule has 8 heteroatoms. The van der Waals surface area contributed by atoms with Gasteiger partial charge in [-0.3, -0.25) is 4.79 Å². The van der Waals surface area contributed by atoms with Gasteiger partial charge in [-0.2, -0.15) is 0 Å². The fourth-order valence-electron chi connectivity index (χ4n) is 3.16. The molecular formula is C23H22ClN5OS. The second-order valence-corrected chi connectivity index (χ2v) is 8.84. The van der Waals surface area contributed by atoms with Crippen LogP contribution in [0.4, 0.5) is 11.4 Å². The Labute approximate surface area is 190 Å². The zero-order valence-electron chi connectivity index (χ0n) is 17.2. The van der Waals surface area contributed by atoms with Crippen LogP contribution in [-0.4, -0.2) is 25.9 Å². The van der Waals surface area contributed by atoms with E-state index in [0.29, 0.717) is 16.7 Å². The molecule has 4 aromatic rings. The molecule has 1 aromatic heterocycles. The molecule has 0 bridgehead atoms. The minimum Gasteiger partial charge on any atom is -0.378 e. The van der Waals surface area contributed by atoms with Gasteiger partial charge in [-0.15, -0.1) is 10.2 Å². The van der Waals surface area contributed by atoms with Crippen molar-refractivity contribution in [2.75, 3.05) is 10.6 Å². The Morgan fingerprint density at radius 2 is 1.87 bits per heavy atom. The third-order valence-electron chi connectivity index (χ3n) is 4.90. The molecule has 1 amide bonds. The van der Waals surface area contributed by atoms with Crippen LogP contribution in [0.3, 0.4) is 0 Å². The lowest BCUT2D eigenvalue weighted by molar-refractivity contribution is -0.115. The zero-order valence-corrected chi connectivity index (χ0v) is 18.7. The van der Waals surface area contributed by atoms with Crippen LogP contribution in [0.25, 0.3) is 10.8 Å². The molecule has 0 aliphatic heterocycles. The first-order valence-corrected chi connectivity index (χ1v) is 11.1. The number of carbonyl (C=O) groups excluding carboxylic acids is 1. The summed E-state index contributed by atoms with van der Waals surface area (Å²) < 4.78 is 1.89. The molecule has 0 saturated carbocycles. The van der Waals surface area contributed by atoms with Crippen LogP contribution in [0.5, 0.6) is 0 Å². The van der Waals surface area contributed by atoms with Gasteiger partial charge < -0.3 is 15.2 Å². The second kappa shape index (κ2) is 9.41. The first kappa shape index (κ1) is 21.2. The number of carbonyl (C=O) groups is 1. The van der Waals surface area contributed by atoms with Gasteiger partial charge in [0, 0.05) is 28.8 Å². The van der Waals surface area contributed by atoms with E-state index in [1.54, 1.807) is 0 Å². The van der Waals surface area contributed by atoms with Gasteiger partial charge in [0.15, 0.2) is 11.0 Å². The van der Waals surface area contributed by atoms with Crippen molar-refractivity contribution in [3.05, 3.63) is 77.6 Å². The SMILES string of the molecule is CC(Sc1nnc(CNc2cccc(Cl)c2)n1C)C(=O)Nc1cccc2ccccc12. The van der Waals surface area contributed by atoms with E-state index in [1.807, 2.05) is 85.3 Å². The van der Waals surface area contributed by atoms with Crippen molar-refractivity contribution in [3.63, 3.8) is 0 Å². The molecule has 4 rings (SSSR count). The number of nitrogens with zero attached hydrogens (tertiary/aromatic N) is 3. The van der Waals surface area contributed by atoms with Crippen LogP contribution in [0.2, 0.25) is 5.02 Å². The van der Waals surface area contributed by atoms with E-state index in [0.717, 1.165) is 28.0 Å². The number of halogens is 1. The second-order valence-electron chi connectivity index (χ2n) is 7.10. The molecule has 0 radical (unpaired) electrons. The molecule has 31 heavy (non-hydrogen) atoms. The summed E-state index contributed by atoms with van der Waals surface area (Å²) >= 11 is 7.40. The summed E-state index contributed by atoms with van der Waals surface area (Å²) in [6, 6.07) is 21.4. The number of amides is 1. The molecule has 1 heterocycles. The highest BCUT2D eigenvalue weighted by molar-refractivity contribution is 8.00. The van der Waals surface area contributed by atoms with E-state index in [4.69, 9.17) is 11.6 Å². The van der Waals surface area contributed by atoms with Gasteiger partial charge in [0.05, 0.1) is 11.8 Å². The molecule has 1 unspecified atom stereocenters. The molecule has 1 atom stereocenters. The lowest BCUT2D eigenvalue weighted by atomic mass is 10.1. The quantitative estimate of drug-likeness (QED) is 0.370. The maximum atomic E-state index is 12.8. The van der Waals surface area contributed by atoms with Gasteiger partial charge in [-0.1, -0.05) is 65.8 Å². The summed E-state index contributed by atoms with van der Waals surface area (Å²) in [6.07, 6.45) is 0. The number of anilines is 2. The van der Waals surface area contributed by atoms with Crippen molar-refractivity contribution < 1.29 is 4.79 Å². The average Bonchev–Trinajstić information content (AvgIpc) is 3.11. The summed E-state index contributed by atoms with van der Waals surface area (Å²) in [5.74, 6) is 0.687. The van der Waals surface area contributed by atoms with Gasteiger partial charge in [-0.05, 0) is 36.6 Å². The van der Waals surface area contributed by atoms with Gasteiger partial charge in [0.2, 0.25) is 5.91 Å². The first-order valence-electron chi connectivity index (χ1n) is 9.84. The van der Waals surface area contributed by atoms with E-state index in [1.165, 1.54) is 11.8 Å². The number of hydrogen-bond donors (Lipinski definition) is 2. The minimum absolute atomic E-state index is 0.0806. The highest BCUT2D eigenvalue weighted by Gasteiger charge is 2.19. The molecule has 158 valence electrons. The Hall–Kier alpha value is -3.03. The van der Waals surface area contributed by atoms with Crippen molar-refractivity contribution >= 4 is 51.4 Å². The summed E-state index contributed by atoms with van der Waals surface area (Å²) in [6.45, 7) is 2.37. The highest BCUT2D eigenvalue weighted by Crippen LogP contribution is 2.26. The number of nitrogens with one attached hydrogen (secondary N) is 2. The molecule has 3 aromatic carbocycles. The minimum atomic E-state index is -0.337. The fraction of sp³-hybridized carbons (Fsp3) is 0.174. The third kappa shape index (κ3) is 5.00. The van der Waals surface area contributed by atoms with Crippen molar-refractivity contribution in [1.82, 2.24) is 14.8 Å². The molecule has 0 fully saturated rings. The Kier molecular flexibility index (Phi) is 6.44. The fourth-order valence-corrected chi connectivity index (χ4v) is 4.19. The molecule has 0 spiro atoms. The van der Waals surface area contributed by atoms with E-state index in [2.05, 4.69) is 20.8 Å². The molecule has 0 saturated heterocycles. The summed E-state index contributed by atoms with van der Waals surface area (Å²) in [4.78, 5) is 12.8. The predicted octanol–water partition coefficient (Wildman–Crippen LogP) is 5.35. The maximum Gasteiger partial charge on any atom is 0.237 e. The van der Waals surface area contributed by atoms with E-state index in [9.17, 15) is 4.79 Å². The number of fused-ring (bicyclic) bond motifs is 1.